The number of unbranched alkanes of at least 4 members (excludes halogenated alkanes) is 1. The van der Waals surface area contributed by atoms with Gasteiger partial charge in [-0.1, -0.05) is 76.1 Å². The van der Waals surface area contributed by atoms with E-state index in [2.05, 4.69) is 31.1 Å². The van der Waals surface area contributed by atoms with Crippen molar-refractivity contribution in [3.05, 3.63) is 89.4 Å². The number of nitrogens with zero attached hydrogens (tertiary/aromatic N) is 2. The number of ether oxygens (including phenoxy) is 1. The highest BCUT2D eigenvalue weighted by atomic mass is 32.2. The lowest BCUT2D eigenvalue weighted by Gasteiger charge is -2.27. The SMILES string of the molecule is CCCCC(C)(C)c1ccc(CNC(c2cccc(N(CC(=O)O)C(=O)OC(C)(C)C)n2)S(=O)(=O)c2ccccc2F)cc1. The average molecular weight is 628 g/mol. The third kappa shape index (κ3) is 9.09. The zero-order valence-electron chi connectivity index (χ0n) is 26.1. The maximum absolute atomic E-state index is 14.8. The lowest BCUT2D eigenvalue weighted by atomic mass is 9.80. The summed E-state index contributed by atoms with van der Waals surface area (Å²) in [5.74, 6) is -2.37. The first kappa shape index (κ1) is 34.7. The second-order valence-electron chi connectivity index (χ2n) is 12.3. The van der Waals surface area contributed by atoms with Crippen molar-refractivity contribution in [2.45, 2.75) is 88.6 Å². The number of anilines is 1. The molecule has 44 heavy (non-hydrogen) atoms. The number of amides is 1. The van der Waals surface area contributed by atoms with Gasteiger partial charge >= 0.3 is 12.1 Å². The Morgan fingerprint density at radius 2 is 1.66 bits per heavy atom. The van der Waals surface area contributed by atoms with Gasteiger partial charge in [0, 0.05) is 6.54 Å². The van der Waals surface area contributed by atoms with E-state index in [-0.39, 0.29) is 23.5 Å². The molecule has 1 amide bonds. The first-order valence-corrected chi connectivity index (χ1v) is 16.1. The molecule has 238 valence electrons. The number of hydrogen-bond acceptors (Lipinski definition) is 7. The van der Waals surface area contributed by atoms with E-state index >= 15 is 0 Å². The van der Waals surface area contributed by atoms with Crippen LogP contribution in [0.15, 0.2) is 71.6 Å². The first-order chi connectivity index (χ1) is 20.5. The Bertz CT molecular complexity index is 1550. The molecule has 3 aromatic rings. The van der Waals surface area contributed by atoms with Gasteiger partial charge in [0.1, 0.15) is 28.7 Å². The van der Waals surface area contributed by atoms with Crippen LogP contribution in [0.3, 0.4) is 0 Å². The Labute approximate surface area is 259 Å². The summed E-state index contributed by atoms with van der Waals surface area (Å²) in [6, 6.07) is 17.2. The highest BCUT2D eigenvalue weighted by molar-refractivity contribution is 7.91. The van der Waals surface area contributed by atoms with E-state index in [9.17, 15) is 27.5 Å². The summed E-state index contributed by atoms with van der Waals surface area (Å²) in [7, 11) is -4.41. The van der Waals surface area contributed by atoms with Crippen LogP contribution in [0.1, 0.15) is 83.0 Å². The van der Waals surface area contributed by atoms with Gasteiger partial charge in [-0.2, -0.15) is 0 Å². The summed E-state index contributed by atoms with van der Waals surface area (Å²) in [5, 5.41) is 11.0. The predicted molar refractivity (Wildman–Crippen MR) is 168 cm³/mol. The summed E-state index contributed by atoms with van der Waals surface area (Å²) >= 11 is 0. The number of rotatable bonds is 13. The smallest absolute Gasteiger partial charge is 0.416 e. The fraction of sp³-hybridized carbons (Fsp3) is 0.424. The maximum atomic E-state index is 14.8. The van der Waals surface area contributed by atoms with Crippen LogP contribution >= 0.6 is 0 Å². The molecule has 9 nitrogen and oxygen atoms in total. The number of carbonyl (C=O) groups excluding carboxylic acids is 1. The van der Waals surface area contributed by atoms with E-state index in [1.165, 1.54) is 42.0 Å². The van der Waals surface area contributed by atoms with Crippen molar-refractivity contribution in [2.24, 2.45) is 0 Å². The van der Waals surface area contributed by atoms with Crippen molar-refractivity contribution in [1.29, 1.82) is 0 Å². The summed E-state index contributed by atoms with van der Waals surface area (Å²) in [6.07, 6.45) is 2.28. The third-order valence-corrected chi connectivity index (χ3v) is 9.02. The van der Waals surface area contributed by atoms with E-state index in [1.807, 2.05) is 24.3 Å². The van der Waals surface area contributed by atoms with Crippen molar-refractivity contribution in [2.75, 3.05) is 11.4 Å². The maximum Gasteiger partial charge on any atom is 0.416 e. The molecule has 11 heteroatoms. The molecule has 2 N–H and O–H groups in total. The van der Waals surface area contributed by atoms with Gasteiger partial charge < -0.3 is 9.84 Å². The molecule has 0 saturated heterocycles. The molecule has 3 rings (SSSR count). The van der Waals surface area contributed by atoms with Crippen LogP contribution in [0.25, 0.3) is 0 Å². The highest BCUT2D eigenvalue weighted by Crippen LogP contribution is 2.31. The molecule has 0 radical (unpaired) electrons. The molecule has 0 aliphatic heterocycles. The lowest BCUT2D eigenvalue weighted by molar-refractivity contribution is -0.135. The first-order valence-electron chi connectivity index (χ1n) is 14.6. The normalized spacial score (nSPS) is 12.9. The quantitative estimate of drug-likeness (QED) is 0.213. The second-order valence-corrected chi connectivity index (χ2v) is 14.3. The van der Waals surface area contributed by atoms with Crippen LogP contribution in [0.5, 0.6) is 0 Å². The Morgan fingerprint density at radius 1 is 1.00 bits per heavy atom. The van der Waals surface area contributed by atoms with E-state index < -0.39 is 50.1 Å². The number of carbonyl (C=O) groups is 2. The van der Waals surface area contributed by atoms with Crippen molar-refractivity contribution < 1.29 is 32.2 Å². The van der Waals surface area contributed by atoms with Crippen molar-refractivity contribution >= 4 is 27.7 Å². The van der Waals surface area contributed by atoms with Crippen molar-refractivity contribution in [3.63, 3.8) is 0 Å². The Balaban J connectivity index is 2.02. The van der Waals surface area contributed by atoms with Gasteiger partial charge in [-0.3, -0.25) is 15.0 Å². The zero-order chi connectivity index (χ0) is 32.7. The molecule has 2 aromatic carbocycles. The minimum absolute atomic E-state index is 0.0149. The van der Waals surface area contributed by atoms with E-state index in [4.69, 9.17) is 4.74 Å². The molecule has 0 spiro atoms. The van der Waals surface area contributed by atoms with Gasteiger partial charge in [-0.15, -0.1) is 0 Å². The molecule has 1 heterocycles. The number of hydrogen-bond donors (Lipinski definition) is 2. The third-order valence-electron chi connectivity index (χ3n) is 7.04. The molecule has 0 saturated carbocycles. The van der Waals surface area contributed by atoms with Crippen molar-refractivity contribution in [1.82, 2.24) is 10.3 Å². The molecule has 0 aliphatic rings. The van der Waals surface area contributed by atoms with Gasteiger partial charge in [-0.05, 0) is 68.0 Å². The summed E-state index contributed by atoms with van der Waals surface area (Å²) < 4.78 is 48.0. The van der Waals surface area contributed by atoms with Gasteiger partial charge in [0.15, 0.2) is 5.37 Å². The molecule has 0 bridgehead atoms. The predicted octanol–water partition coefficient (Wildman–Crippen LogP) is 6.78. The number of halogens is 1. The highest BCUT2D eigenvalue weighted by Gasteiger charge is 2.34. The number of sulfone groups is 1. The van der Waals surface area contributed by atoms with Crippen LogP contribution < -0.4 is 10.2 Å². The van der Waals surface area contributed by atoms with Crippen LogP contribution in [-0.4, -0.2) is 42.7 Å². The number of benzene rings is 2. The standard InChI is InChI=1S/C33H42FN3O6S/c1-7-8-20-33(5,6)24-18-16-23(17-19-24)21-35-30(44(41,42)27-14-10-9-12-25(27)34)26-13-11-15-28(36-26)37(22-29(38)39)31(40)43-32(2,3)4/h9-19,30,35H,7-8,20-22H2,1-6H3,(H,38,39). The summed E-state index contributed by atoms with van der Waals surface area (Å²) in [6.45, 7) is 10.8. The van der Waals surface area contributed by atoms with Gasteiger partial charge in [0.2, 0.25) is 9.84 Å². The molecule has 1 unspecified atom stereocenters. The van der Waals surface area contributed by atoms with E-state index in [0.717, 1.165) is 35.8 Å². The Kier molecular flexibility index (Phi) is 11.3. The fourth-order valence-corrected chi connectivity index (χ4v) is 6.26. The largest absolute Gasteiger partial charge is 0.480 e. The lowest BCUT2D eigenvalue weighted by Crippen LogP contribution is -2.40. The van der Waals surface area contributed by atoms with E-state index in [1.54, 1.807) is 20.8 Å². The monoisotopic (exact) mass is 627 g/mol. The molecule has 0 fully saturated rings. The molecule has 0 aliphatic carbocycles. The topological polar surface area (TPSA) is 126 Å². The number of pyridine rings is 1. The summed E-state index contributed by atoms with van der Waals surface area (Å²) in [4.78, 5) is 29.2. The number of nitrogens with one attached hydrogen (secondary N) is 1. The number of carboxylic acid groups (broad SMARTS) is 1. The van der Waals surface area contributed by atoms with Crippen LogP contribution in [-0.2, 0) is 31.3 Å². The molecule has 1 atom stereocenters. The minimum Gasteiger partial charge on any atom is -0.480 e. The molecular weight excluding hydrogens is 585 g/mol. The minimum atomic E-state index is -4.41. The second kappa shape index (κ2) is 14.3. The fourth-order valence-electron chi connectivity index (χ4n) is 4.65. The van der Waals surface area contributed by atoms with Gasteiger partial charge in [0.25, 0.3) is 0 Å². The Hall–Kier alpha value is -3.83. The van der Waals surface area contributed by atoms with Crippen LogP contribution in [0, 0.1) is 5.82 Å². The van der Waals surface area contributed by atoms with Gasteiger partial charge in [0.05, 0.1) is 5.69 Å². The van der Waals surface area contributed by atoms with Crippen molar-refractivity contribution in [3.8, 4) is 0 Å². The average Bonchev–Trinajstić information content (AvgIpc) is 2.94. The Morgan fingerprint density at radius 3 is 2.25 bits per heavy atom. The molecule has 1 aromatic heterocycles. The zero-order valence-corrected chi connectivity index (χ0v) is 26.9. The number of aromatic nitrogens is 1. The van der Waals surface area contributed by atoms with Gasteiger partial charge in [-0.25, -0.2) is 22.6 Å². The summed E-state index contributed by atoms with van der Waals surface area (Å²) in [5.41, 5.74) is 0.970. The van der Waals surface area contributed by atoms with Crippen LogP contribution in [0.4, 0.5) is 15.0 Å². The number of aliphatic carboxylic acids is 1. The van der Waals surface area contributed by atoms with Crippen LogP contribution in [0.2, 0.25) is 0 Å². The molecular formula is C33H42FN3O6S. The number of carboxylic acids is 1. The van der Waals surface area contributed by atoms with E-state index in [0.29, 0.717) is 0 Å².